The predicted molar refractivity (Wildman–Crippen MR) is 122 cm³/mol. The molecule has 0 bridgehead atoms. The summed E-state index contributed by atoms with van der Waals surface area (Å²) in [6.07, 6.45) is 3.68. The number of aromatic nitrogens is 2. The van der Waals surface area contributed by atoms with Crippen LogP contribution in [0.15, 0.2) is 85.2 Å². The number of nitro benzene ring substituents is 1. The van der Waals surface area contributed by atoms with Crippen molar-refractivity contribution >= 4 is 11.6 Å². The van der Waals surface area contributed by atoms with Gasteiger partial charge in [0.1, 0.15) is 5.56 Å². The minimum Gasteiger partial charge on any atom is -0.348 e. The van der Waals surface area contributed by atoms with Gasteiger partial charge in [0.05, 0.1) is 11.5 Å². The van der Waals surface area contributed by atoms with E-state index in [2.05, 4.69) is 22.5 Å². The summed E-state index contributed by atoms with van der Waals surface area (Å²) in [5.41, 5.74) is 4.45. The Balaban J connectivity index is 1.52. The van der Waals surface area contributed by atoms with Gasteiger partial charge in [-0.2, -0.15) is 5.10 Å². The average molecular weight is 426 g/mol. The van der Waals surface area contributed by atoms with Gasteiger partial charge in [-0.15, -0.1) is 0 Å². The van der Waals surface area contributed by atoms with Crippen molar-refractivity contribution in [3.63, 3.8) is 0 Å². The number of aryl methyl sites for hydroxylation is 1. The van der Waals surface area contributed by atoms with Gasteiger partial charge in [0, 0.05) is 24.5 Å². The number of para-hydroxylation sites is 1. The van der Waals surface area contributed by atoms with E-state index in [4.69, 9.17) is 0 Å². The van der Waals surface area contributed by atoms with Crippen molar-refractivity contribution in [1.29, 1.82) is 0 Å². The first-order chi connectivity index (χ1) is 15.5. The third kappa shape index (κ3) is 4.57. The van der Waals surface area contributed by atoms with Crippen LogP contribution in [-0.2, 0) is 13.1 Å². The SMILES string of the molecule is Cc1cccc(C(=O)NCc2ccccc2-c2ccc(Cn3cccn3)cc2)c1[N+](=O)[O-]. The van der Waals surface area contributed by atoms with E-state index in [9.17, 15) is 14.9 Å². The maximum atomic E-state index is 12.7. The number of nitrogens with zero attached hydrogens (tertiary/aromatic N) is 3. The maximum absolute atomic E-state index is 12.7. The van der Waals surface area contributed by atoms with E-state index >= 15 is 0 Å². The van der Waals surface area contributed by atoms with Crippen LogP contribution in [0.1, 0.15) is 27.0 Å². The average Bonchev–Trinajstić information content (AvgIpc) is 3.31. The molecule has 1 aromatic heterocycles. The molecular weight excluding hydrogens is 404 g/mol. The van der Waals surface area contributed by atoms with Crippen LogP contribution in [0.5, 0.6) is 0 Å². The minimum absolute atomic E-state index is 0.0652. The molecule has 0 aliphatic heterocycles. The van der Waals surface area contributed by atoms with Gasteiger partial charge in [-0.25, -0.2) is 0 Å². The molecule has 4 rings (SSSR count). The topological polar surface area (TPSA) is 90.1 Å². The van der Waals surface area contributed by atoms with E-state index in [1.807, 2.05) is 53.3 Å². The highest BCUT2D eigenvalue weighted by Gasteiger charge is 2.22. The smallest absolute Gasteiger partial charge is 0.285 e. The molecular formula is C25H22N4O3. The fourth-order valence-corrected chi connectivity index (χ4v) is 3.68. The van der Waals surface area contributed by atoms with Crippen molar-refractivity contribution in [3.05, 3.63) is 118 Å². The second-order valence-electron chi connectivity index (χ2n) is 7.47. The summed E-state index contributed by atoms with van der Waals surface area (Å²) in [6.45, 7) is 2.58. The molecule has 0 aliphatic carbocycles. The standard InChI is InChI=1S/C25H22N4O3/c1-18-6-4-9-23(24(18)29(31)32)25(30)26-16-21-7-2-3-8-22(21)20-12-10-19(11-13-20)17-28-15-5-14-27-28/h2-15H,16-17H2,1H3,(H,26,30). The first kappa shape index (κ1) is 21.0. The Morgan fingerprint density at radius 1 is 1.03 bits per heavy atom. The molecule has 0 saturated heterocycles. The summed E-state index contributed by atoms with van der Waals surface area (Å²) in [4.78, 5) is 23.6. The molecule has 1 N–H and O–H groups in total. The summed E-state index contributed by atoms with van der Waals surface area (Å²) < 4.78 is 1.86. The van der Waals surface area contributed by atoms with Crippen LogP contribution in [0, 0.1) is 17.0 Å². The summed E-state index contributed by atoms with van der Waals surface area (Å²) in [7, 11) is 0. The van der Waals surface area contributed by atoms with Crippen LogP contribution in [-0.4, -0.2) is 20.6 Å². The highest BCUT2D eigenvalue weighted by atomic mass is 16.6. The van der Waals surface area contributed by atoms with Gasteiger partial charge in [0.25, 0.3) is 11.6 Å². The molecule has 0 unspecified atom stereocenters. The first-order valence-electron chi connectivity index (χ1n) is 10.2. The van der Waals surface area contributed by atoms with Gasteiger partial charge in [-0.3, -0.25) is 19.6 Å². The van der Waals surface area contributed by atoms with E-state index in [1.54, 1.807) is 25.3 Å². The van der Waals surface area contributed by atoms with Crippen molar-refractivity contribution in [2.45, 2.75) is 20.0 Å². The Bertz CT molecular complexity index is 1250. The third-order valence-electron chi connectivity index (χ3n) is 5.29. The highest BCUT2D eigenvalue weighted by molar-refractivity contribution is 5.98. The third-order valence-corrected chi connectivity index (χ3v) is 5.29. The molecule has 0 spiro atoms. The number of carbonyl (C=O) groups is 1. The van der Waals surface area contributed by atoms with E-state index in [0.717, 1.165) is 22.3 Å². The predicted octanol–water partition coefficient (Wildman–Crippen LogP) is 4.75. The number of amides is 1. The van der Waals surface area contributed by atoms with Gasteiger partial charge >= 0.3 is 0 Å². The second kappa shape index (κ2) is 9.26. The van der Waals surface area contributed by atoms with E-state index in [-0.39, 0.29) is 17.8 Å². The van der Waals surface area contributed by atoms with Gasteiger partial charge in [-0.05, 0) is 41.3 Å². The Hall–Kier alpha value is -4.26. The van der Waals surface area contributed by atoms with Crippen molar-refractivity contribution in [1.82, 2.24) is 15.1 Å². The molecule has 3 aromatic carbocycles. The quantitative estimate of drug-likeness (QED) is 0.341. The van der Waals surface area contributed by atoms with Crippen LogP contribution in [0.4, 0.5) is 5.69 Å². The first-order valence-corrected chi connectivity index (χ1v) is 10.2. The number of hydrogen-bond acceptors (Lipinski definition) is 4. The van der Waals surface area contributed by atoms with Gasteiger partial charge in [-0.1, -0.05) is 60.7 Å². The lowest BCUT2D eigenvalue weighted by molar-refractivity contribution is -0.385. The van der Waals surface area contributed by atoms with Crippen molar-refractivity contribution in [2.75, 3.05) is 0 Å². The fraction of sp³-hybridized carbons (Fsp3) is 0.120. The van der Waals surface area contributed by atoms with Crippen molar-refractivity contribution in [3.8, 4) is 11.1 Å². The van der Waals surface area contributed by atoms with Crippen molar-refractivity contribution in [2.24, 2.45) is 0 Å². The lowest BCUT2D eigenvalue weighted by Gasteiger charge is -2.12. The lowest BCUT2D eigenvalue weighted by Crippen LogP contribution is -2.24. The maximum Gasteiger partial charge on any atom is 0.285 e. The summed E-state index contributed by atoms with van der Waals surface area (Å²) in [5, 5.41) is 18.5. The van der Waals surface area contributed by atoms with Crippen LogP contribution in [0.25, 0.3) is 11.1 Å². The van der Waals surface area contributed by atoms with Gasteiger partial charge < -0.3 is 5.32 Å². The molecule has 1 amide bonds. The molecule has 0 fully saturated rings. The highest BCUT2D eigenvalue weighted by Crippen LogP contribution is 2.26. The van der Waals surface area contributed by atoms with Crippen molar-refractivity contribution < 1.29 is 9.72 Å². The molecule has 0 radical (unpaired) electrons. The van der Waals surface area contributed by atoms with Crippen LogP contribution >= 0.6 is 0 Å². The number of hydrogen-bond donors (Lipinski definition) is 1. The number of carbonyl (C=O) groups excluding carboxylic acids is 1. The molecule has 1 heterocycles. The monoisotopic (exact) mass is 426 g/mol. The van der Waals surface area contributed by atoms with E-state index in [1.165, 1.54) is 6.07 Å². The summed E-state index contributed by atoms with van der Waals surface area (Å²) in [5.74, 6) is -0.468. The Morgan fingerprint density at radius 2 is 1.81 bits per heavy atom. The molecule has 0 atom stereocenters. The Kier molecular flexibility index (Phi) is 6.07. The molecule has 0 saturated carbocycles. The van der Waals surface area contributed by atoms with Crippen LogP contribution in [0.3, 0.4) is 0 Å². The number of rotatable bonds is 7. The number of nitro groups is 1. The molecule has 160 valence electrons. The molecule has 4 aromatic rings. The number of benzene rings is 3. The van der Waals surface area contributed by atoms with E-state index < -0.39 is 10.8 Å². The molecule has 32 heavy (non-hydrogen) atoms. The zero-order valence-electron chi connectivity index (χ0n) is 17.6. The summed E-state index contributed by atoms with van der Waals surface area (Å²) >= 11 is 0. The molecule has 7 heteroatoms. The largest absolute Gasteiger partial charge is 0.348 e. The Labute approximate surface area is 185 Å². The minimum atomic E-state index is -0.511. The van der Waals surface area contributed by atoms with Gasteiger partial charge in [0.15, 0.2) is 0 Å². The zero-order valence-corrected chi connectivity index (χ0v) is 17.6. The molecule has 0 aliphatic rings. The van der Waals surface area contributed by atoms with Gasteiger partial charge in [0.2, 0.25) is 0 Å². The lowest BCUT2D eigenvalue weighted by atomic mass is 9.98. The number of nitrogens with one attached hydrogen (secondary N) is 1. The van der Waals surface area contributed by atoms with Crippen LogP contribution < -0.4 is 5.32 Å². The summed E-state index contributed by atoms with van der Waals surface area (Å²) in [6, 6.07) is 22.7. The fourth-order valence-electron chi connectivity index (χ4n) is 3.68. The zero-order chi connectivity index (χ0) is 22.5. The molecule has 7 nitrogen and oxygen atoms in total. The second-order valence-corrected chi connectivity index (χ2v) is 7.47. The van der Waals surface area contributed by atoms with Crippen LogP contribution in [0.2, 0.25) is 0 Å². The van der Waals surface area contributed by atoms with E-state index in [0.29, 0.717) is 12.1 Å². The Morgan fingerprint density at radius 3 is 2.53 bits per heavy atom. The normalized spacial score (nSPS) is 10.7.